The zero-order chi connectivity index (χ0) is 18.4. The maximum absolute atomic E-state index is 13.3. The molecule has 1 atom stereocenters. The number of hydrogen-bond acceptors (Lipinski definition) is 3. The van der Waals surface area contributed by atoms with Crippen LogP contribution in [0.2, 0.25) is 0 Å². The second kappa shape index (κ2) is 8.53. The molecule has 0 aliphatic heterocycles. The lowest BCUT2D eigenvalue weighted by atomic mass is 10.1. The van der Waals surface area contributed by atoms with E-state index < -0.39 is 6.10 Å². The van der Waals surface area contributed by atoms with Gasteiger partial charge in [0.2, 0.25) is 0 Å². The molecule has 3 rings (SSSR count). The van der Waals surface area contributed by atoms with Crippen LogP contribution in [0.15, 0.2) is 52.2 Å². The van der Waals surface area contributed by atoms with E-state index in [4.69, 9.17) is 4.42 Å². The predicted molar refractivity (Wildman–Crippen MR) is 99.6 cm³/mol. The SMILES string of the molecule is CCNC(=NCC(O)c1ccco1)NCCc1c[nH]c2cc(F)ccc12. The van der Waals surface area contributed by atoms with E-state index in [9.17, 15) is 9.50 Å². The summed E-state index contributed by atoms with van der Waals surface area (Å²) < 4.78 is 18.4. The monoisotopic (exact) mass is 358 g/mol. The largest absolute Gasteiger partial charge is 0.467 e. The van der Waals surface area contributed by atoms with Crippen LogP contribution in [0.3, 0.4) is 0 Å². The second-order valence-corrected chi connectivity index (χ2v) is 5.93. The van der Waals surface area contributed by atoms with E-state index in [1.807, 2.05) is 13.1 Å². The third-order valence-electron chi connectivity index (χ3n) is 4.05. The van der Waals surface area contributed by atoms with Gasteiger partial charge in [-0.25, -0.2) is 4.39 Å². The van der Waals surface area contributed by atoms with Crippen LogP contribution in [0.5, 0.6) is 0 Å². The van der Waals surface area contributed by atoms with Crippen LogP contribution in [-0.2, 0) is 6.42 Å². The number of halogens is 1. The van der Waals surface area contributed by atoms with E-state index in [0.717, 1.165) is 29.4 Å². The maximum atomic E-state index is 13.3. The Labute approximate surface area is 151 Å². The smallest absolute Gasteiger partial charge is 0.191 e. The molecule has 0 bridgehead atoms. The fourth-order valence-corrected chi connectivity index (χ4v) is 2.77. The van der Waals surface area contributed by atoms with Crippen molar-refractivity contribution in [2.45, 2.75) is 19.4 Å². The first-order valence-corrected chi connectivity index (χ1v) is 8.66. The van der Waals surface area contributed by atoms with Crippen LogP contribution in [0, 0.1) is 5.82 Å². The van der Waals surface area contributed by atoms with E-state index in [-0.39, 0.29) is 12.4 Å². The third kappa shape index (κ3) is 4.43. The first-order valence-electron chi connectivity index (χ1n) is 8.66. The molecule has 0 spiro atoms. The number of aliphatic hydroxyl groups is 1. The highest BCUT2D eigenvalue weighted by molar-refractivity contribution is 5.83. The first kappa shape index (κ1) is 18.0. The highest BCUT2D eigenvalue weighted by atomic mass is 19.1. The Bertz CT molecular complexity index is 858. The summed E-state index contributed by atoms with van der Waals surface area (Å²) in [5.41, 5.74) is 1.90. The molecule has 0 aliphatic rings. The fourth-order valence-electron chi connectivity index (χ4n) is 2.77. The van der Waals surface area contributed by atoms with Gasteiger partial charge in [-0.2, -0.15) is 0 Å². The Morgan fingerprint density at radius 2 is 2.23 bits per heavy atom. The first-order chi connectivity index (χ1) is 12.7. The number of aliphatic imine (C=N–C) groups is 1. The van der Waals surface area contributed by atoms with Crippen LogP contribution in [0.25, 0.3) is 10.9 Å². The van der Waals surface area contributed by atoms with E-state index in [1.54, 1.807) is 18.2 Å². The minimum Gasteiger partial charge on any atom is -0.467 e. The molecule has 26 heavy (non-hydrogen) atoms. The molecule has 4 N–H and O–H groups in total. The van der Waals surface area contributed by atoms with Gasteiger partial charge < -0.3 is 25.1 Å². The molecule has 0 saturated heterocycles. The molecule has 2 aromatic heterocycles. The minimum absolute atomic E-state index is 0.204. The van der Waals surface area contributed by atoms with Crippen molar-refractivity contribution in [2.24, 2.45) is 4.99 Å². The molecule has 3 aromatic rings. The Balaban J connectivity index is 1.57. The molecule has 0 saturated carbocycles. The van der Waals surface area contributed by atoms with Gasteiger partial charge in [-0.15, -0.1) is 0 Å². The van der Waals surface area contributed by atoms with Gasteiger partial charge in [0.1, 0.15) is 17.7 Å². The number of hydrogen-bond donors (Lipinski definition) is 4. The lowest BCUT2D eigenvalue weighted by molar-refractivity contribution is 0.158. The lowest BCUT2D eigenvalue weighted by Crippen LogP contribution is -2.38. The van der Waals surface area contributed by atoms with Crippen molar-refractivity contribution in [1.29, 1.82) is 0 Å². The van der Waals surface area contributed by atoms with Crippen LogP contribution < -0.4 is 10.6 Å². The standard InChI is InChI=1S/C19H23FN4O2/c1-2-21-19(24-12-17(25)18-4-3-9-26-18)22-8-7-13-11-23-16-10-14(20)5-6-15(13)16/h3-6,9-11,17,23,25H,2,7-8,12H2,1H3,(H2,21,22,24). The number of aromatic amines is 1. The number of benzene rings is 1. The van der Waals surface area contributed by atoms with Crippen LogP contribution in [0.1, 0.15) is 24.4 Å². The fraction of sp³-hybridized carbons (Fsp3) is 0.316. The number of fused-ring (bicyclic) bond motifs is 1. The number of nitrogens with zero attached hydrogens (tertiary/aromatic N) is 1. The summed E-state index contributed by atoms with van der Waals surface area (Å²) in [5.74, 6) is 0.875. The summed E-state index contributed by atoms with van der Waals surface area (Å²) in [6, 6.07) is 8.21. The summed E-state index contributed by atoms with van der Waals surface area (Å²) in [6.07, 6.45) is 3.41. The molecule has 138 valence electrons. The van der Waals surface area contributed by atoms with E-state index in [1.165, 1.54) is 18.4 Å². The van der Waals surface area contributed by atoms with Crippen molar-refractivity contribution in [3.63, 3.8) is 0 Å². The number of aromatic nitrogens is 1. The van der Waals surface area contributed by atoms with Crippen LogP contribution in [0.4, 0.5) is 4.39 Å². The maximum Gasteiger partial charge on any atom is 0.191 e. The van der Waals surface area contributed by atoms with Gasteiger partial charge in [-0.05, 0) is 49.2 Å². The number of nitrogens with one attached hydrogen (secondary N) is 3. The number of guanidine groups is 1. The van der Waals surface area contributed by atoms with Gasteiger partial charge in [-0.1, -0.05) is 0 Å². The summed E-state index contributed by atoms with van der Waals surface area (Å²) in [5, 5.41) is 17.5. The Morgan fingerprint density at radius 1 is 1.35 bits per heavy atom. The highest BCUT2D eigenvalue weighted by Gasteiger charge is 2.10. The lowest BCUT2D eigenvalue weighted by Gasteiger charge is -2.12. The Hall–Kier alpha value is -2.80. The average molecular weight is 358 g/mol. The van der Waals surface area contributed by atoms with E-state index in [2.05, 4.69) is 20.6 Å². The van der Waals surface area contributed by atoms with E-state index in [0.29, 0.717) is 18.3 Å². The van der Waals surface area contributed by atoms with Crippen molar-refractivity contribution in [3.8, 4) is 0 Å². The minimum atomic E-state index is -0.774. The zero-order valence-corrected chi connectivity index (χ0v) is 14.6. The summed E-state index contributed by atoms with van der Waals surface area (Å²) in [6.45, 7) is 3.56. The summed E-state index contributed by atoms with van der Waals surface area (Å²) in [7, 11) is 0. The van der Waals surface area contributed by atoms with Crippen LogP contribution in [-0.4, -0.2) is 35.7 Å². The molecule has 1 aromatic carbocycles. The van der Waals surface area contributed by atoms with Gasteiger partial charge >= 0.3 is 0 Å². The highest BCUT2D eigenvalue weighted by Crippen LogP contribution is 2.19. The van der Waals surface area contributed by atoms with Crippen molar-refractivity contribution < 1.29 is 13.9 Å². The van der Waals surface area contributed by atoms with Gasteiger partial charge in [0.05, 0.1) is 12.8 Å². The normalized spacial score (nSPS) is 13.1. The number of rotatable bonds is 7. The van der Waals surface area contributed by atoms with Crippen LogP contribution >= 0.6 is 0 Å². The van der Waals surface area contributed by atoms with Gasteiger partial charge in [0.15, 0.2) is 5.96 Å². The zero-order valence-electron chi connectivity index (χ0n) is 14.6. The van der Waals surface area contributed by atoms with Gasteiger partial charge in [0, 0.05) is 30.2 Å². The number of aliphatic hydroxyl groups excluding tert-OH is 1. The number of H-pyrrole nitrogens is 1. The topological polar surface area (TPSA) is 85.6 Å². The quantitative estimate of drug-likeness (QED) is 0.386. The van der Waals surface area contributed by atoms with Crippen molar-refractivity contribution in [1.82, 2.24) is 15.6 Å². The molecule has 0 fully saturated rings. The Kier molecular flexibility index (Phi) is 5.91. The molecule has 0 radical (unpaired) electrons. The van der Waals surface area contributed by atoms with Crippen molar-refractivity contribution in [2.75, 3.05) is 19.6 Å². The molecule has 0 amide bonds. The molecular formula is C19H23FN4O2. The predicted octanol–water partition coefficient (Wildman–Crippen LogP) is 2.73. The summed E-state index contributed by atoms with van der Waals surface area (Å²) in [4.78, 5) is 7.48. The molecule has 2 heterocycles. The molecule has 1 unspecified atom stereocenters. The molecule has 0 aliphatic carbocycles. The molecule has 6 nitrogen and oxygen atoms in total. The van der Waals surface area contributed by atoms with Crippen molar-refractivity contribution in [3.05, 3.63) is 59.9 Å². The second-order valence-electron chi connectivity index (χ2n) is 5.93. The average Bonchev–Trinajstić information content (AvgIpc) is 3.29. The molecular weight excluding hydrogens is 335 g/mol. The molecule has 7 heteroatoms. The third-order valence-corrected chi connectivity index (χ3v) is 4.05. The Morgan fingerprint density at radius 3 is 3.00 bits per heavy atom. The summed E-state index contributed by atoms with van der Waals surface area (Å²) >= 11 is 0. The van der Waals surface area contributed by atoms with Gasteiger partial charge in [0.25, 0.3) is 0 Å². The van der Waals surface area contributed by atoms with E-state index >= 15 is 0 Å². The number of furan rings is 1. The van der Waals surface area contributed by atoms with Gasteiger partial charge in [-0.3, -0.25) is 4.99 Å². The van der Waals surface area contributed by atoms with Crippen molar-refractivity contribution >= 4 is 16.9 Å².